The first kappa shape index (κ1) is 19.1. The summed E-state index contributed by atoms with van der Waals surface area (Å²) in [5.41, 5.74) is 1.84. The van der Waals surface area contributed by atoms with Crippen LogP contribution >= 0.6 is 0 Å². The molecule has 2 rings (SSSR count). The van der Waals surface area contributed by atoms with E-state index in [-0.39, 0.29) is 18.4 Å². The molecule has 0 spiro atoms. The number of ether oxygens (including phenoxy) is 1. The first-order chi connectivity index (χ1) is 12.5. The number of anilines is 1. The second-order valence-corrected chi connectivity index (χ2v) is 5.58. The highest BCUT2D eigenvalue weighted by Crippen LogP contribution is 2.11. The lowest BCUT2D eigenvalue weighted by atomic mass is 10.2. The van der Waals surface area contributed by atoms with Crippen LogP contribution in [0.15, 0.2) is 48.8 Å². The molecule has 0 fully saturated rings. The van der Waals surface area contributed by atoms with Crippen LogP contribution in [-0.4, -0.2) is 40.8 Å². The topological polar surface area (TPSA) is 88.6 Å². The van der Waals surface area contributed by atoms with Crippen LogP contribution in [0.1, 0.15) is 29.8 Å². The minimum absolute atomic E-state index is 0.0721. The van der Waals surface area contributed by atoms with Crippen molar-refractivity contribution in [3.05, 3.63) is 59.9 Å². The number of carbonyl (C=O) groups excluding carboxylic acids is 3. The molecule has 0 atom stereocenters. The molecule has 0 saturated carbocycles. The van der Waals surface area contributed by atoms with E-state index in [4.69, 9.17) is 4.74 Å². The number of hydrogen-bond donors (Lipinski definition) is 1. The third-order valence-corrected chi connectivity index (χ3v) is 3.58. The van der Waals surface area contributed by atoms with Crippen molar-refractivity contribution in [3.8, 4) is 0 Å². The van der Waals surface area contributed by atoms with Gasteiger partial charge in [0.1, 0.15) is 6.54 Å². The maximum Gasteiger partial charge on any atom is 0.338 e. The Labute approximate surface area is 152 Å². The Kier molecular flexibility index (Phi) is 6.84. The van der Waals surface area contributed by atoms with Gasteiger partial charge in [0.25, 0.3) is 0 Å². The lowest BCUT2D eigenvalue weighted by Crippen LogP contribution is -2.36. The van der Waals surface area contributed by atoms with Gasteiger partial charge in [0.2, 0.25) is 11.8 Å². The van der Waals surface area contributed by atoms with Crippen LogP contribution in [0.5, 0.6) is 0 Å². The molecule has 136 valence electrons. The van der Waals surface area contributed by atoms with E-state index in [1.165, 1.54) is 11.8 Å². The Hall–Kier alpha value is -3.22. The van der Waals surface area contributed by atoms with Gasteiger partial charge in [0.05, 0.1) is 12.2 Å². The van der Waals surface area contributed by atoms with Crippen molar-refractivity contribution < 1.29 is 19.1 Å². The molecule has 0 aliphatic carbocycles. The number of amides is 2. The summed E-state index contributed by atoms with van der Waals surface area (Å²) in [6.45, 7) is 3.71. The van der Waals surface area contributed by atoms with Gasteiger partial charge >= 0.3 is 5.97 Å². The van der Waals surface area contributed by atoms with E-state index in [0.29, 0.717) is 24.4 Å². The Morgan fingerprint density at radius 3 is 2.31 bits per heavy atom. The number of carbonyl (C=O) groups is 3. The summed E-state index contributed by atoms with van der Waals surface area (Å²) in [7, 11) is 0. The van der Waals surface area contributed by atoms with Crippen molar-refractivity contribution in [2.75, 3.05) is 18.5 Å². The van der Waals surface area contributed by atoms with Crippen molar-refractivity contribution in [2.45, 2.75) is 20.4 Å². The van der Waals surface area contributed by atoms with Gasteiger partial charge in [-0.3, -0.25) is 14.6 Å². The number of benzene rings is 1. The highest BCUT2D eigenvalue weighted by atomic mass is 16.5. The molecule has 0 bridgehead atoms. The Bertz CT molecular complexity index is 760. The van der Waals surface area contributed by atoms with Gasteiger partial charge < -0.3 is 15.0 Å². The molecule has 7 heteroatoms. The third-order valence-electron chi connectivity index (χ3n) is 3.58. The molecule has 2 aromatic rings. The minimum Gasteiger partial charge on any atom is -0.462 e. The third kappa shape index (κ3) is 5.70. The molecule has 0 aliphatic rings. The first-order valence-corrected chi connectivity index (χ1v) is 8.21. The second kappa shape index (κ2) is 9.31. The van der Waals surface area contributed by atoms with Crippen LogP contribution < -0.4 is 5.32 Å². The fraction of sp³-hybridized carbons (Fsp3) is 0.263. The van der Waals surface area contributed by atoms with Crippen molar-refractivity contribution in [3.63, 3.8) is 0 Å². The number of pyridine rings is 1. The van der Waals surface area contributed by atoms with E-state index in [9.17, 15) is 14.4 Å². The number of aromatic nitrogens is 1. The van der Waals surface area contributed by atoms with Crippen LogP contribution in [0.3, 0.4) is 0 Å². The number of hydrogen-bond acceptors (Lipinski definition) is 5. The quantitative estimate of drug-likeness (QED) is 0.770. The number of nitrogens with zero attached hydrogens (tertiary/aromatic N) is 2. The minimum atomic E-state index is -0.412. The second-order valence-electron chi connectivity index (χ2n) is 5.58. The summed E-state index contributed by atoms with van der Waals surface area (Å²) in [6, 6.07) is 9.97. The van der Waals surface area contributed by atoms with Crippen LogP contribution in [0.2, 0.25) is 0 Å². The van der Waals surface area contributed by atoms with Crippen molar-refractivity contribution in [1.29, 1.82) is 0 Å². The highest BCUT2D eigenvalue weighted by molar-refractivity contribution is 5.95. The zero-order valence-electron chi connectivity index (χ0n) is 14.8. The average Bonchev–Trinajstić information content (AvgIpc) is 2.62. The lowest BCUT2D eigenvalue weighted by molar-refractivity contribution is -0.133. The standard InChI is InChI=1S/C19H21N3O4/c1-3-26-19(25)16-4-6-17(7-5-16)21-18(24)13-22(14(2)23)12-15-8-10-20-11-9-15/h4-11H,3,12-13H2,1-2H3,(H,21,24). The van der Waals surface area contributed by atoms with Crippen molar-refractivity contribution in [2.24, 2.45) is 0 Å². The molecule has 2 amide bonds. The van der Waals surface area contributed by atoms with E-state index >= 15 is 0 Å². The fourth-order valence-electron chi connectivity index (χ4n) is 2.27. The summed E-state index contributed by atoms with van der Waals surface area (Å²) >= 11 is 0. The van der Waals surface area contributed by atoms with Gasteiger partial charge in [-0.1, -0.05) is 0 Å². The van der Waals surface area contributed by atoms with Gasteiger partial charge in [-0.05, 0) is 48.9 Å². The lowest BCUT2D eigenvalue weighted by Gasteiger charge is -2.20. The maximum atomic E-state index is 12.2. The Balaban J connectivity index is 1.95. The normalized spacial score (nSPS) is 10.1. The van der Waals surface area contributed by atoms with E-state index < -0.39 is 5.97 Å². The van der Waals surface area contributed by atoms with Crippen LogP contribution in [0, 0.1) is 0 Å². The van der Waals surface area contributed by atoms with Gasteiger partial charge in [0, 0.05) is 31.5 Å². The SMILES string of the molecule is CCOC(=O)c1ccc(NC(=O)CN(Cc2ccncc2)C(C)=O)cc1. The zero-order chi connectivity index (χ0) is 18.9. The molecular weight excluding hydrogens is 334 g/mol. The molecule has 1 aromatic heterocycles. The van der Waals surface area contributed by atoms with E-state index in [1.54, 1.807) is 55.7 Å². The molecule has 26 heavy (non-hydrogen) atoms. The van der Waals surface area contributed by atoms with Crippen molar-refractivity contribution >= 4 is 23.5 Å². The molecule has 7 nitrogen and oxygen atoms in total. The maximum absolute atomic E-state index is 12.2. The average molecular weight is 355 g/mol. The Morgan fingerprint density at radius 2 is 1.73 bits per heavy atom. The molecule has 0 unspecified atom stereocenters. The predicted octanol–water partition coefficient (Wildman–Crippen LogP) is 2.25. The summed E-state index contributed by atoms with van der Waals surface area (Å²) in [6.07, 6.45) is 3.28. The number of nitrogens with one attached hydrogen (secondary N) is 1. The molecule has 0 aliphatic heterocycles. The van der Waals surface area contributed by atoms with Gasteiger partial charge in [-0.25, -0.2) is 4.79 Å². The molecule has 0 radical (unpaired) electrons. The van der Waals surface area contributed by atoms with Gasteiger partial charge in [0.15, 0.2) is 0 Å². The van der Waals surface area contributed by atoms with E-state index in [0.717, 1.165) is 5.56 Å². The molecule has 1 heterocycles. The highest BCUT2D eigenvalue weighted by Gasteiger charge is 2.14. The monoisotopic (exact) mass is 355 g/mol. The summed E-state index contributed by atoms with van der Waals surface area (Å²) < 4.78 is 4.91. The zero-order valence-corrected chi connectivity index (χ0v) is 14.8. The predicted molar refractivity (Wildman–Crippen MR) is 96.4 cm³/mol. The summed E-state index contributed by atoms with van der Waals surface area (Å²) in [4.78, 5) is 41.0. The Morgan fingerprint density at radius 1 is 1.08 bits per heavy atom. The molecule has 1 aromatic carbocycles. The molecule has 1 N–H and O–H groups in total. The van der Waals surface area contributed by atoms with Crippen LogP contribution in [0.4, 0.5) is 5.69 Å². The molecular formula is C19H21N3O4. The smallest absolute Gasteiger partial charge is 0.338 e. The summed E-state index contributed by atoms with van der Waals surface area (Å²) in [5.74, 6) is -0.932. The first-order valence-electron chi connectivity index (χ1n) is 8.21. The number of esters is 1. The van der Waals surface area contributed by atoms with E-state index in [2.05, 4.69) is 10.3 Å². The number of rotatable bonds is 7. The van der Waals surface area contributed by atoms with E-state index in [1.807, 2.05) is 0 Å². The largest absolute Gasteiger partial charge is 0.462 e. The summed E-state index contributed by atoms with van der Waals surface area (Å²) in [5, 5.41) is 2.71. The van der Waals surface area contributed by atoms with Crippen molar-refractivity contribution in [1.82, 2.24) is 9.88 Å². The van der Waals surface area contributed by atoms with Gasteiger partial charge in [-0.2, -0.15) is 0 Å². The van der Waals surface area contributed by atoms with Crippen LogP contribution in [-0.2, 0) is 20.9 Å². The fourth-order valence-corrected chi connectivity index (χ4v) is 2.27. The molecule has 0 saturated heterocycles. The van der Waals surface area contributed by atoms with Crippen LogP contribution in [0.25, 0.3) is 0 Å². The van der Waals surface area contributed by atoms with Gasteiger partial charge in [-0.15, -0.1) is 0 Å².